The lowest BCUT2D eigenvalue weighted by molar-refractivity contribution is -0.121. The smallest absolute Gasteiger partial charge is 0.262 e. The molecule has 7 heteroatoms. The molecule has 1 unspecified atom stereocenters. The van der Waals surface area contributed by atoms with Gasteiger partial charge in [-0.15, -0.1) is 0 Å². The van der Waals surface area contributed by atoms with Gasteiger partial charge < -0.3 is 19.5 Å². The molecular weight excluding hydrogens is 334 g/mol. The highest BCUT2D eigenvalue weighted by atomic mass is 16.5. The van der Waals surface area contributed by atoms with Gasteiger partial charge in [-0.1, -0.05) is 0 Å². The number of nitrogens with zero attached hydrogens (tertiary/aromatic N) is 1. The van der Waals surface area contributed by atoms with Gasteiger partial charge in [-0.3, -0.25) is 4.79 Å². The number of anilines is 1. The number of hydrazone groups is 1. The van der Waals surface area contributed by atoms with Gasteiger partial charge in [0, 0.05) is 5.69 Å². The van der Waals surface area contributed by atoms with Crippen molar-refractivity contribution in [2.24, 2.45) is 5.10 Å². The molecule has 1 atom stereocenters. The predicted octanol–water partition coefficient (Wildman–Crippen LogP) is 2.66. The first-order chi connectivity index (χ1) is 12.6. The molecule has 0 heterocycles. The van der Waals surface area contributed by atoms with Gasteiger partial charge in [0.2, 0.25) is 0 Å². The molecule has 0 radical (unpaired) electrons. The third-order valence-electron chi connectivity index (χ3n) is 3.66. The van der Waals surface area contributed by atoms with Crippen molar-refractivity contribution in [2.75, 3.05) is 26.6 Å². The van der Waals surface area contributed by atoms with Gasteiger partial charge in [-0.25, -0.2) is 5.43 Å². The number of hydrogen-bond acceptors (Lipinski definition) is 6. The van der Waals surface area contributed by atoms with Crippen molar-refractivity contribution in [3.63, 3.8) is 0 Å². The lowest BCUT2D eigenvalue weighted by Crippen LogP contribution is -2.34. The standard InChI is InChI=1S/C19H23N3O4/c1-13(21-15-6-8-16(24-2)9-7-15)19(23)22-20-12-14-5-10-17(25-3)18(11-14)26-4/h5-13,21H,1-4H3,(H,22,23). The Morgan fingerprint density at radius 3 is 2.31 bits per heavy atom. The fraction of sp³-hybridized carbons (Fsp3) is 0.263. The Morgan fingerprint density at radius 1 is 1.00 bits per heavy atom. The van der Waals surface area contributed by atoms with Crippen LogP contribution in [0.15, 0.2) is 47.6 Å². The summed E-state index contributed by atoms with van der Waals surface area (Å²) < 4.78 is 15.5. The second-order valence-electron chi connectivity index (χ2n) is 5.44. The Kier molecular flexibility index (Phi) is 6.84. The van der Waals surface area contributed by atoms with Gasteiger partial charge in [0.25, 0.3) is 5.91 Å². The van der Waals surface area contributed by atoms with E-state index in [1.165, 1.54) is 0 Å². The van der Waals surface area contributed by atoms with E-state index in [2.05, 4.69) is 15.8 Å². The molecule has 0 aliphatic carbocycles. The first-order valence-electron chi connectivity index (χ1n) is 8.03. The van der Waals surface area contributed by atoms with Crippen LogP contribution in [0.2, 0.25) is 0 Å². The summed E-state index contributed by atoms with van der Waals surface area (Å²) in [6, 6.07) is 12.2. The van der Waals surface area contributed by atoms with Crippen molar-refractivity contribution in [2.45, 2.75) is 13.0 Å². The summed E-state index contributed by atoms with van der Waals surface area (Å²) in [4.78, 5) is 12.1. The topological polar surface area (TPSA) is 81.2 Å². The van der Waals surface area contributed by atoms with E-state index in [1.54, 1.807) is 46.6 Å². The lowest BCUT2D eigenvalue weighted by atomic mass is 10.2. The van der Waals surface area contributed by atoms with Crippen molar-refractivity contribution in [1.82, 2.24) is 5.43 Å². The first-order valence-corrected chi connectivity index (χ1v) is 8.03. The molecule has 2 aromatic carbocycles. The van der Waals surface area contributed by atoms with Crippen molar-refractivity contribution in [3.05, 3.63) is 48.0 Å². The van der Waals surface area contributed by atoms with Crippen LogP contribution in [-0.4, -0.2) is 39.5 Å². The average Bonchev–Trinajstić information content (AvgIpc) is 2.68. The zero-order chi connectivity index (χ0) is 18.9. The minimum absolute atomic E-state index is 0.252. The fourth-order valence-electron chi connectivity index (χ4n) is 2.20. The molecule has 1 amide bonds. The molecule has 0 bridgehead atoms. The summed E-state index contributed by atoms with van der Waals surface area (Å²) in [5.74, 6) is 1.73. The highest BCUT2D eigenvalue weighted by Gasteiger charge is 2.11. The number of carbonyl (C=O) groups excluding carboxylic acids is 1. The number of rotatable bonds is 8. The van der Waals surface area contributed by atoms with Crippen molar-refractivity contribution in [1.29, 1.82) is 0 Å². The maximum absolute atomic E-state index is 12.1. The molecule has 0 saturated heterocycles. The van der Waals surface area contributed by atoms with Crippen LogP contribution in [-0.2, 0) is 4.79 Å². The predicted molar refractivity (Wildman–Crippen MR) is 101 cm³/mol. The summed E-state index contributed by atoms with van der Waals surface area (Å²) in [7, 11) is 4.74. The molecule has 2 rings (SSSR count). The van der Waals surface area contributed by atoms with Crippen molar-refractivity contribution in [3.8, 4) is 17.2 Å². The summed E-state index contributed by atoms with van der Waals surface area (Å²) in [5.41, 5.74) is 4.10. The van der Waals surface area contributed by atoms with Crippen molar-refractivity contribution >= 4 is 17.8 Å². The van der Waals surface area contributed by atoms with Crippen LogP contribution in [0.25, 0.3) is 0 Å². The molecule has 0 fully saturated rings. The second-order valence-corrected chi connectivity index (χ2v) is 5.44. The van der Waals surface area contributed by atoms with Crippen LogP contribution in [0.4, 0.5) is 5.69 Å². The van der Waals surface area contributed by atoms with Crippen molar-refractivity contribution < 1.29 is 19.0 Å². The first kappa shape index (κ1) is 19.1. The Balaban J connectivity index is 1.91. The summed E-state index contributed by atoms with van der Waals surface area (Å²) >= 11 is 0. The maximum atomic E-state index is 12.1. The molecule has 0 aliphatic rings. The van der Waals surface area contributed by atoms with Crippen LogP contribution in [0.1, 0.15) is 12.5 Å². The number of hydrogen-bond donors (Lipinski definition) is 2. The third kappa shape index (κ3) is 5.14. The van der Waals surface area contributed by atoms with Crippen LogP contribution in [0, 0.1) is 0 Å². The van der Waals surface area contributed by atoms with Crippen LogP contribution >= 0.6 is 0 Å². The zero-order valence-corrected chi connectivity index (χ0v) is 15.3. The van der Waals surface area contributed by atoms with Crippen LogP contribution in [0.5, 0.6) is 17.2 Å². The lowest BCUT2D eigenvalue weighted by Gasteiger charge is -2.13. The van der Waals surface area contributed by atoms with Gasteiger partial charge in [0.15, 0.2) is 11.5 Å². The Morgan fingerprint density at radius 2 is 1.69 bits per heavy atom. The minimum atomic E-state index is -0.453. The normalized spacial score (nSPS) is 11.7. The highest BCUT2D eigenvalue weighted by Crippen LogP contribution is 2.26. The Labute approximate surface area is 153 Å². The van der Waals surface area contributed by atoms with E-state index in [4.69, 9.17) is 14.2 Å². The molecule has 0 spiro atoms. The van der Waals surface area contributed by atoms with E-state index in [0.717, 1.165) is 17.0 Å². The van der Waals surface area contributed by atoms with Crippen LogP contribution < -0.4 is 25.0 Å². The SMILES string of the molecule is COc1ccc(NC(C)C(=O)NN=Cc2ccc(OC)c(OC)c2)cc1. The molecule has 2 N–H and O–H groups in total. The maximum Gasteiger partial charge on any atom is 0.262 e. The molecule has 7 nitrogen and oxygen atoms in total. The Bertz CT molecular complexity index is 760. The van der Waals surface area contributed by atoms with Gasteiger partial charge in [0.1, 0.15) is 11.8 Å². The third-order valence-corrected chi connectivity index (χ3v) is 3.66. The molecule has 0 aliphatic heterocycles. The number of ether oxygens (including phenoxy) is 3. The van der Waals surface area contributed by atoms with E-state index >= 15 is 0 Å². The van der Waals surface area contributed by atoms with Gasteiger partial charge in [-0.05, 0) is 55.0 Å². The summed E-state index contributed by atoms with van der Waals surface area (Å²) in [5, 5.41) is 7.08. The highest BCUT2D eigenvalue weighted by molar-refractivity contribution is 5.86. The number of amides is 1. The molecule has 138 valence electrons. The quantitative estimate of drug-likeness (QED) is 0.561. The number of methoxy groups -OCH3 is 3. The average molecular weight is 357 g/mol. The molecular formula is C19H23N3O4. The van der Waals surface area contributed by atoms with Gasteiger partial charge >= 0.3 is 0 Å². The largest absolute Gasteiger partial charge is 0.497 e. The fourth-order valence-corrected chi connectivity index (χ4v) is 2.20. The van der Waals surface area contributed by atoms with E-state index in [0.29, 0.717) is 11.5 Å². The minimum Gasteiger partial charge on any atom is -0.497 e. The van der Waals surface area contributed by atoms with Crippen LogP contribution in [0.3, 0.4) is 0 Å². The van der Waals surface area contributed by atoms with E-state index in [1.807, 2.05) is 30.3 Å². The monoisotopic (exact) mass is 357 g/mol. The number of benzene rings is 2. The molecule has 26 heavy (non-hydrogen) atoms. The Hall–Kier alpha value is -3.22. The second kappa shape index (κ2) is 9.31. The summed E-state index contributed by atoms with van der Waals surface area (Å²) in [6.45, 7) is 1.76. The number of nitrogens with one attached hydrogen (secondary N) is 2. The van der Waals surface area contributed by atoms with E-state index in [-0.39, 0.29) is 5.91 Å². The zero-order valence-electron chi connectivity index (χ0n) is 15.3. The van der Waals surface area contributed by atoms with E-state index in [9.17, 15) is 4.79 Å². The molecule has 0 saturated carbocycles. The van der Waals surface area contributed by atoms with E-state index < -0.39 is 6.04 Å². The van der Waals surface area contributed by atoms with Gasteiger partial charge in [-0.2, -0.15) is 5.10 Å². The molecule has 2 aromatic rings. The molecule has 0 aromatic heterocycles. The summed E-state index contributed by atoms with van der Waals surface area (Å²) in [6.07, 6.45) is 1.54. The van der Waals surface area contributed by atoms with Gasteiger partial charge in [0.05, 0.1) is 27.5 Å². The number of carbonyl (C=O) groups is 1.